The van der Waals surface area contributed by atoms with Gasteiger partial charge in [-0.05, 0) is 20.8 Å². The van der Waals surface area contributed by atoms with E-state index in [4.69, 9.17) is 10.00 Å². The average molecular weight is 170 g/mol. The Bertz CT molecular complexity index is 184. The van der Waals surface area contributed by atoms with E-state index in [-0.39, 0.29) is 12.6 Å². The van der Waals surface area contributed by atoms with Gasteiger partial charge in [-0.15, -0.1) is 0 Å². The summed E-state index contributed by atoms with van der Waals surface area (Å²) in [6.07, 6.45) is -0.422. The molecule has 68 valence electrons. The monoisotopic (exact) mass is 170 g/mol. The summed E-state index contributed by atoms with van der Waals surface area (Å²) in [5.41, 5.74) is 0. The summed E-state index contributed by atoms with van der Waals surface area (Å²) >= 11 is 0. The third kappa shape index (κ3) is 3.24. The van der Waals surface area contributed by atoms with Gasteiger partial charge in [0.05, 0.1) is 12.7 Å². The van der Waals surface area contributed by atoms with Crippen molar-refractivity contribution in [1.29, 1.82) is 5.26 Å². The summed E-state index contributed by atoms with van der Waals surface area (Å²) in [6.45, 7) is 5.84. The van der Waals surface area contributed by atoms with Gasteiger partial charge >= 0.3 is 6.09 Å². The number of ether oxygens (including phenoxy) is 1. The van der Waals surface area contributed by atoms with Crippen LogP contribution in [0.5, 0.6) is 0 Å². The van der Waals surface area contributed by atoms with Crippen LogP contribution in [0.3, 0.4) is 0 Å². The normalized spacial score (nSPS) is 9.25. The molecule has 0 aliphatic rings. The van der Waals surface area contributed by atoms with Crippen molar-refractivity contribution >= 4 is 6.09 Å². The first-order chi connectivity index (χ1) is 5.63. The summed E-state index contributed by atoms with van der Waals surface area (Å²) in [6, 6.07) is 1.92. The highest BCUT2D eigenvalue weighted by molar-refractivity contribution is 5.68. The molecule has 0 atom stereocenters. The maximum atomic E-state index is 11.1. The number of carbonyl (C=O) groups is 1. The molecule has 0 radical (unpaired) electrons. The lowest BCUT2D eigenvalue weighted by Crippen LogP contribution is -2.37. The van der Waals surface area contributed by atoms with E-state index in [0.717, 1.165) is 0 Å². The first-order valence-corrected chi connectivity index (χ1v) is 3.93. The van der Waals surface area contributed by atoms with Gasteiger partial charge in [-0.25, -0.2) is 4.79 Å². The van der Waals surface area contributed by atoms with Crippen LogP contribution < -0.4 is 0 Å². The maximum absolute atomic E-state index is 11.1. The summed E-state index contributed by atoms with van der Waals surface area (Å²) in [5, 5.41) is 8.40. The number of nitrogens with zero attached hydrogens (tertiary/aromatic N) is 2. The van der Waals surface area contributed by atoms with Crippen molar-refractivity contribution in [3.8, 4) is 6.07 Å². The van der Waals surface area contributed by atoms with Crippen molar-refractivity contribution in [3.63, 3.8) is 0 Å². The topological polar surface area (TPSA) is 53.3 Å². The van der Waals surface area contributed by atoms with Gasteiger partial charge in [0.25, 0.3) is 0 Å². The van der Waals surface area contributed by atoms with Gasteiger partial charge in [0.15, 0.2) is 0 Å². The van der Waals surface area contributed by atoms with Crippen molar-refractivity contribution in [1.82, 2.24) is 4.90 Å². The zero-order valence-electron chi connectivity index (χ0n) is 7.70. The molecular formula is C8H14N2O2. The number of carbonyl (C=O) groups excluding carboxylic acids is 1. The van der Waals surface area contributed by atoms with Crippen molar-refractivity contribution in [2.45, 2.75) is 26.8 Å². The van der Waals surface area contributed by atoms with E-state index in [2.05, 4.69) is 0 Å². The Balaban J connectivity index is 4.11. The fourth-order valence-corrected chi connectivity index (χ4v) is 0.741. The molecule has 0 saturated carbocycles. The molecular weight excluding hydrogens is 156 g/mol. The van der Waals surface area contributed by atoms with Gasteiger partial charge in [0.2, 0.25) is 0 Å². The molecule has 0 spiro atoms. The molecule has 0 N–H and O–H groups in total. The van der Waals surface area contributed by atoms with Crippen LogP contribution >= 0.6 is 0 Å². The Morgan fingerprint density at radius 1 is 1.67 bits per heavy atom. The van der Waals surface area contributed by atoms with E-state index < -0.39 is 6.09 Å². The van der Waals surface area contributed by atoms with Gasteiger partial charge in [-0.2, -0.15) is 5.26 Å². The Morgan fingerprint density at radius 3 is 2.58 bits per heavy atom. The molecule has 0 fully saturated rings. The van der Waals surface area contributed by atoms with Crippen LogP contribution in [0.2, 0.25) is 0 Å². The fraction of sp³-hybridized carbons (Fsp3) is 0.750. The summed E-state index contributed by atoms with van der Waals surface area (Å²) < 4.78 is 4.75. The number of hydrogen-bond donors (Lipinski definition) is 0. The van der Waals surface area contributed by atoms with Crippen LogP contribution in [0.15, 0.2) is 0 Å². The van der Waals surface area contributed by atoms with E-state index in [9.17, 15) is 4.79 Å². The molecule has 0 aromatic rings. The predicted molar refractivity (Wildman–Crippen MR) is 44.5 cm³/mol. The van der Waals surface area contributed by atoms with Gasteiger partial charge in [-0.3, -0.25) is 4.90 Å². The van der Waals surface area contributed by atoms with Crippen molar-refractivity contribution < 1.29 is 9.53 Å². The molecule has 0 aromatic heterocycles. The molecule has 0 aliphatic heterocycles. The minimum Gasteiger partial charge on any atom is -0.450 e. The highest BCUT2D eigenvalue weighted by Gasteiger charge is 2.16. The van der Waals surface area contributed by atoms with Crippen molar-refractivity contribution in [2.75, 3.05) is 13.2 Å². The second-order valence-electron chi connectivity index (χ2n) is 2.58. The maximum Gasteiger partial charge on any atom is 0.410 e. The lowest BCUT2D eigenvalue weighted by molar-refractivity contribution is 0.102. The van der Waals surface area contributed by atoms with Crippen LogP contribution in [0.25, 0.3) is 0 Å². The summed E-state index contributed by atoms with van der Waals surface area (Å²) in [4.78, 5) is 12.5. The first kappa shape index (κ1) is 10.8. The van der Waals surface area contributed by atoms with Gasteiger partial charge in [0.1, 0.15) is 6.54 Å². The van der Waals surface area contributed by atoms with Crippen LogP contribution in [0.1, 0.15) is 20.8 Å². The highest BCUT2D eigenvalue weighted by atomic mass is 16.6. The zero-order valence-corrected chi connectivity index (χ0v) is 7.70. The fourth-order valence-electron chi connectivity index (χ4n) is 0.741. The van der Waals surface area contributed by atoms with Crippen LogP contribution in [-0.4, -0.2) is 30.2 Å². The minimum absolute atomic E-state index is 0.00343. The first-order valence-electron chi connectivity index (χ1n) is 3.93. The Morgan fingerprint density at radius 2 is 2.25 bits per heavy atom. The Labute approximate surface area is 72.7 Å². The molecule has 4 heteroatoms. The van der Waals surface area contributed by atoms with E-state index in [1.807, 2.05) is 19.9 Å². The molecule has 4 nitrogen and oxygen atoms in total. The molecule has 0 rings (SSSR count). The SMILES string of the molecule is CCOC(=O)N(CC#N)C(C)C. The lowest BCUT2D eigenvalue weighted by Gasteiger charge is -2.22. The molecule has 0 aromatic carbocycles. The number of hydrogen-bond acceptors (Lipinski definition) is 3. The van der Waals surface area contributed by atoms with E-state index in [1.165, 1.54) is 4.90 Å². The van der Waals surface area contributed by atoms with Crippen LogP contribution in [-0.2, 0) is 4.74 Å². The summed E-state index contributed by atoms with van der Waals surface area (Å²) in [5.74, 6) is 0. The largest absolute Gasteiger partial charge is 0.450 e. The second-order valence-corrected chi connectivity index (χ2v) is 2.58. The van der Waals surface area contributed by atoms with E-state index in [0.29, 0.717) is 6.61 Å². The highest BCUT2D eigenvalue weighted by Crippen LogP contribution is 2.00. The predicted octanol–water partition coefficient (Wildman–Crippen LogP) is 1.38. The molecule has 1 amide bonds. The van der Waals surface area contributed by atoms with Crippen molar-refractivity contribution in [2.24, 2.45) is 0 Å². The van der Waals surface area contributed by atoms with E-state index in [1.54, 1.807) is 6.92 Å². The number of amides is 1. The average Bonchev–Trinajstić information content (AvgIpc) is 1.99. The van der Waals surface area contributed by atoms with Crippen LogP contribution in [0, 0.1) is 11.3 Å². The zero-order chi connectivity index (χ0) is 9.56. The molecule has 0 unspecified atom stereocenters. The van der Waals surface area contributed by atoms with E-state index >= 15 is 0 Å². The Kier molecular flexibility index (Phi) is 4.86. The molecule has 0 heterocycles. The van der Waals surface area contributed by atoms with Crippen molar-refractivity contribution in [3.05, 3.63) is 0 Å². The lowest BCUT2D eigenvalue weighted by atomic mass is 10.3. The Hall–Kier alpha value is -1.24. The standard InChI is InChI=1S/C8H14N2O2/c1-4-12-8(11)10(6-5-9)7(2)3/h7H,4,6H2,1-3H3. The third-order valence-corrected chi connectivity index (χ3v) is 1.37. The third-order valence-electron chi connectivity index (χ3n) is 1.37. The van der Waals surface area contributed by atoms with Gasteiger partial charge in [-0.1, -0.05) is 0 Å². The second kappa shape index (κ2) is 5.42. The number of rotatable bonds is 3. The molecule has 12 heavy (non-hydrogen) atoms. The number of nitriles is 1. The molecule has 0 bridgehead atoms. The summed E-state index contributed by atoms with van der Waals surface area (Å²) in [7, 11) is 0. The quantitative estimate of drug-likeness (QED) is 0.601. The van der Waals surface area contributed by atoms with Gasteiger partial charge in [0, 0.05) is 6.04 Å². The minimum atomic E-state index is -0.422. The van der Waals surface area contributed by atoms with Crippen LogP contribution in [0.4, 0.5) is 4.79 Å². The van der Waals surface area contributed by atoms with Gasteiger partial charge < -0.3 is 4.74 Å². The smallest absolute Gasteiger partial charge is 0.410 e. The molecule has 0 aliphatic carbocycles. The molecule has 0 saturated heterocycles.